The Morgan fingerprint density at radius 2 is 2.27 bits per heavy atom. The summed E-state index contributed by atoms with van der Waals surface area (Å²) < 4.78 is 1.91. The van der Waals surface area contributed by atoms with Crippen molar-refractivity contribution in [2.45, 2.75) is 0 Å². The normalized spacial score (nSPS) is 10.5. The molecule has 15 heavy (non-hydrogen) atoms. The van der Waals surface area contributed by atoms with E-state index in [-0.39, 0.29) is 5.91 Å². The number of amides is 1. The molecule has 0 radical (unpaired) electrons. The maximum Gasteiger partial charge on any atom is 0.265 e. The van der Waals surface area contributed by atoms with Gasteiger partial charge in [-0.1, -0.05) is 0 Å². The molecule has 0 saturated carbocycles. The molecule has 0 aliphatic carbocycles. The van der Waals surface area contributed by atoms with Gasteiger partial charge in [-0.05, 0) is 18.2 Å². The Hall–Kier alpha value is -1.88. The van der Waals surface area contributed by atoms with Gasteiger partial charge in [0.05, 0.1) is 17.4 Å². The summed E-state index contributed by atoms with van der Waals surface area (Å²) in [5.41, 5.74) is 7.53. The zero-order chi connectivity index (χ0) is 10.8. The van der Waals surface area contributed by atoms with Crippen molar-refractivity contribution < 1.29 is 4.79 Å². The lowest BCUT2D eigenvalue weighted by Gasteiger charge is -2.02. The van der Waals surface area contributed by atoms with Crippen molar-refractivity contribution in [3.63, 3.8) is 0 Å². The first-order valence-corrected chi connectivity index (χ1v) is 4.60. The van der Waals surface area contributed by atoms with Crippen LogP contribution in [-0.4, -0.2) is 22.5 Å². The van der Waals surface area contributed by atoms with Gasteiger partial charge in [0.25, 0.3) is 5.91 Å². The van der Waals surface area contributed by atoms with Crippen LogP contribution in [0.5, 0.6) is 0 Å². The van der Waals surface area contributed by atoms with E-state index in [1.807, 2.05) is 17.7 Å². The number of hydrazine groups is 1. The highest BCUT2D eigenvalue weighted by Gasteiger charge is 2.06. The van der Waals surface area contributed by atoms with Crippen LogP contribution < -0.4 is 10.9 Å². The molecule has 1 heterocycles. The van der Waals surface area contributed by atoms with Gasteiger partial charge in [0.15, 0.2) is 0 Å². The summed E-state index contributed by atoms with van der Waals surface area (Å²) in [6.45, 7) is 0. The molecule has 1 aromatic heterocycles. The zero-order valence-electron chi connectivity index (χ0n) is 8.61. The number of carbonyl (C=O) groups is 1. The number of aryl methyl sites for hydroxylation is 1. The van der Waals surface area contributed by atoms with Crippen LogP contribution in [0.15, 0.2) is 24.5 Å². The number of hydrogen-bond acceptors (Lipinski definition) is 3. The molecule has 0 aliphatic heterocycles. The molecule has 0 saturated heterocycles. The van der Waals surface area contributed by atoms with Crippen molar-refractivity contribution in [3.8, 4) is 0 Å². The minimum atomic E-state index is -0.162. The van der Waals surface area contributed by atoms with Crippen LogP contribution in [0, 0.1) is 0 Å². The lowest BCUT2D eigenvalue weighted by atomic mass is 10.2. The number of rotatable bonds is 2. The van der Waals surface area contributed by atoms with Crippen LogP contribution in [0.2, 0.25) is 0 Å². The Balaban J connectivity index is 2.43. The molecule has 1 aromatic carbocycles. The fourth-order valence-electron chi connectivity index (χ4n) is 1.46. The van der Waals surface area contributed by atoms with E-state index in [2.05, 4.69) is 15.8 Å². The SMILES string of the molecule is CNNC(=O)c1ccc2c(c1)ncn2C. The fraction of sp³-hybridized carbons (Fsp3) is 0.200. The quantitative estimate of drug-likeness (QED) is 0.698. The predicted octanol–water partition coefficient (Wildman–Crippen LogP) is 0.437. The Kier molecular flexibility index (Phi) is 2.39. The third-order valence-electron chi connectivity index (χ3n) is 2.23. The Morgan fingerprint density at radius 1 is 1.47 bits per heavy atom. The summed E-state index contributed by atoms with van der Waals surface area (Å²) in [6, 6.07) is 5.42. The molecule has 0 bridgehead atoms. The number of fused-ring (bicyclic) bond motifs is 1. The molecule has 0 atom stereocenters. The minimum absolute atomic E-state index is 0.162. The molecule has 0 spiro atoms. The molecular formula is C10H12N4O. The van der Waals surface area contributed by atoms with Crippen LogP contribution in [0.4, 0.5) is 0 Å². The number of nitrogens with one attached hydrogen (secondary N) is 2. The first-order valence-electron chi connectivity index (χ1n) is 4.60. The molecule has 2 aromatic rings. The monoisotopic (exact) mass is 204 g/mol. The molecule has 5 heteroatoms. The van der Waals surface area contributed by atoms with Gasteiger partial charge in [-0.3, -0.25) is 10.2 Å². The average molecular weight is 204 g/mol. The van der Waals surface area contributed by atoms with E-state index < -0.39 is 0 Å². The van der Waals surface area contributed by atoms with Crippen molar-refractivity contribution in [2.24, 2.45) is 7.05 Å². The minimum Gasteiger partial charge on any atom is -0.334 e. The van der Waals surface area contributed by atoms with E-state index in [0.29, 0.717) is 5.56 Å². The average Bonchev–Trinajstić information content (AvgIpc) is 2.60. The van der Waals surface area contributed by atoms with E-state index in [9.17, 15) is 4.79 Å². The summed E-state index contributed by atoms with van der Waals surface area (Å²) >= 11 is 0. The Morgan fingerprint density at radius 3 is 3.00 bits per heavy atom. The topological polar surface area (TPSA) is 58.9 Å². The molecule has 78 valence electrons. The van der Waals surface area contributed by atoms with Gasteiger partial charge in [0, 0.05) is 19.7 Å². The molecule has 0 fully saturated rings. The van der Waals surface area contributed by atoms with Gasteiger partial charge >= 0.3 is 0 Å². The smallest absolute Gasteiger partial charge is 0.265 e. The lowest BCUT2D eigenvalue weighted by Crippen LogP contribution is -2.34. The molecule has 0 unspecified atom stereocenters. The molecule has 2 rings (SSSR count). The largest absolute Gasteiger partial charge is 0.334 e. The third kappa shape index (κ3) is 1.69. The van der Waals surface area contributed by atoms with Crippen LogP contribution >= 0.6 is 0 Å². The van der Waals surface area contributed by atoms with Crippen molar-refractivity contribution in [2.75, 3.05) is 7.05 Å². The van der Waals surface area contributed by atoms with E-state index in [4.69, 9.17) is 0 Å². The highest BCUT2D eigenvalue weighted by Crippen LogP contribution is 2.13. The Bertz CT molecular complexity index is 503. The number of carbonyl (C=O) groups excluding carboxylic acids is 1. The second kappa shape index (κ2) is 3.70. The summed E-state index contributed by atoms with van der Waals surface area (Å²) in [5, 5.41) is 0. The zero-order valence-corrected chi connectivity index (χ0v) is 8.61. The van der Waals surface area contributed by atoms with Crippen LogP contribution in [0.25, 0.3) is 11.0 Å². The van der Waals surface area contributed by atoms with Crippen molar-refractivity contribution in [1.29, 1.82) is 0 Å². The van der Waals surface area contributed by atoms with Crippen LogP contribution in [-0.2, 0) is 7.05 Å². The standard InChI is InChI=1S/C10H12N4O/c1-11-13-10(15)7-3-4-9-8(5-7)12-6-14(9)2/h3-6,11H,1-2H3,(H,13,15). The van der Waals surface area contributed by atoms with E-state index >= 15 is 0 Å². The highest BCUT2D eigenvalue weighted by atomic mass is 16.2. The number of hydrogen-bond donors (Lipinski definition) is 2. The van der Waals surface area contributed by atoms with Crippen molar-refractivity contribution in [3.05, 3.63) is 30.1 Å². The van der Waals surface area contributed by atoms with E-state index in [0.717, 1.165) is 11.0 Å². The van der Waals surface area contributed by atoms with Gasteiger partial charge in [0.1, 0.15) is 0 Å². The Labute approximate surface area is 87.1 Å². The van der Waals surface area contributed by atoms with Gasteiger partial charge in [-0.15, -0.1) is 0 Å². The number of nitrogens with zero attached hydrogens (tertiary/aromatic N) is 2. The molecule has 5 nitrogen and oxygen atoms in total. The lowest BCUT2D eigenvalue weighted by molar-refractivity contribution is 0.0938. The summed E-state index contributed by atoms with van der Waals surface area (Å²) in [4.78, 5) is 15.7. The van der Waals surface area contributed by atoms with Gasteiger partial charge in [-0.25, -0.2) is 10.4 Å². The second-order valence-electron chi connectivity index (χ2n) is 3.26. The van der Waals surface area contributed by atoms with Crippen LogP contribution in [0.1, 0.15) is 10.4 Å². The molecular weight excluding hydrogens is 192 g/mol. The number of benzene rings is 1. The fourth-order valence-corrected chi connectivity index (χ4v) is 1.46. The first-order chi connectivity index (χ1) is 7.22. The number of aromatic nitrogens is 2. The molecule has 1 amide bonds. The molecule has 2 N–H and O–H groups in total. The van der Waals surface area contributed by atoms with E-state index in [1.165, 1.54) is 0 Å². The van der Waals surface area contributed by atoms with E-state index in [1.54, 1.807) is 25.5 Å². The summed E-state index contributed by atoms with van der Waals surface area (Å²) in [6.07, 6.45) is 1.73. The van der Waals surface area contributed by atoms with Crippen LogP contribution in [0.3, 0.4) is 0 Å². The summed E-state index contributed by atoms with van der Waals surface area (Å²) in [7, 11) is 3.57. The predicted molar refractivity (Wildman–Crippen MR) is 57.2 cm³/mol. The maximum absolute atomic E-state index is 11.5. The maximum atomic E-state index is 11.5. The van der Waals surface area contributed by atoms with Crippen molar-refractivity contribution in [1.82, 2.24) is 20.4 Å². The van der Waals surface area contributed by atoms with Gasteiger partial charge in [0.2, 0.25) is 0 Å². The van der Waals surface area contributed by atoms with Gasteiger partial charge in [-0.2, -0.15) is 0 Å². The van der Waals surface area contributed by atoms with Gasteiger partial charge < -0.3 is 4.57 Å². The van der Waals surface area contributed by atoms with Crippen molar-refractivity contribution >= 4 is 16.9 Å². The second-order valence-corrected chi connectivity index (χ2v) is 3.26. The summed E-state index contributed by atoms with van der Waals surface area (Å²) in [5.74, 6) is -0.162. The highest BCUT2D eigenvalue weighted by molar-refractivity contribution is 5.97. The number of imidazole rings is 1. The third-order valence-corrected chi connectivity index (χ3v) is 2.23. The molecule has 0 aliphatic rings. The first kappa shape index (κ1) is 9.67.